The van der Waals surface area contributed by atoms with Crippen molar-refractivity contribution in [1.82, 2.24) is 5.32 Å². The van der Waals surface area contributed by atoms with E-state index < -0.39 is 53.3 Å². The predicted octanol–water partition coefficient (Wildman–Crippen LogP) is 4.79. The van der Waals surface area contributed by atoms with Gasteiger partial charge in [-0.15, -0.1) is 0 Å². The fourth-order valence-corrected chi connectivity index (χ4v) is 2.35. The summed E-state index contributed by atoms with van der Waals surface area (Å²) in [5.74, 6) is -2.71. The zero-order chi connectivity index (χ0) is 21.9. The molecule has 0 spiro atoms. The van der Waals surface area contributed by atoms with Gasteiger partial charge in [-0.05, 0) is 52.3 Å². The molecule has 1 rings (SSSR count). The molecule has 0 bridgehead atoms. The summed E-state index contributed by atoms with van der Waals surface area (Å²) in [5.41, 5.74) is -2.07. The molecule has 1 N–H and O–H groups in total. The van der Waals surface area contributed by atoms with Gasteiger partial charge in [-0.1, -0.05) is 13.0 Å². The van der Waals surface area contributed by atoms with E-state index in [1.165, 1.54) is 20.8 Å². The smallest absolute Gasteiger partial charge is 0.416 e. The molecule has 0 unspecified atom stereocenters. The maximum absolute atomic E-state index is 13.3. The molecule has 0 aromatic heterocycles. The summed E-state index contributed by atoms with van der Waals surface area (Å²) in [5, 5.41) is 2.30. The third kappa shape index (κ3) is 7.01. The fourth-order valence-electron chi connectivity index (χ4n) is 2.35. The Kier molecular flexibility index (Phi) is 7.45. The Hall–Kier alpha value is -2.32. The highest BCUT2D eigenvalue weighted by atomic mass is 19.4. The Morgan fingerprint density at radius 1 is 1.07 bits per heavy atom. The van der Waals surface area contributed by atoms with E-state index in [-0.39, 0.29) is 5.56 Å². The number of rotatable bonds is 5. The highest BCUT2D eigenvalue weighted by Crippen LogP contribution is 2.37. The number of carbonyl (C=O) groups is 2. The van der Waals surface area contributed by atoms with Crippen LogP contribution in [-0.4, -0.2) is 29.8 Å². The molecule has 0 saturated carbocycles. The molecule has 0 heterocycles. The number of amides is 1. The lowest BCUT2D eigenvalue weighted by molar-refractivity contribution is -0.151. The molecule has 1 amide bonds. The molecule has 0 aliphatic heterocycles. The maximum Gasteiger partial charge on any atom is 0.416 e. The van der Waals surface area contributed by atoms with Crippen molar-refractivity contribution in [2.75, 3.05) is 0 Å². The number of esters is 1. The maximum atomic E-state index is 13.3. The van der Waals surface area contributed by atoms with Gasteiger partial charge in [0.25, 0.3) is 0 Å². The SMILES string of the molecule is C[C@H](NC(=O)OC(C)(C)C)C(=O)O[C@@H](C)[C@@H](C)c1ccc(F)cc1C(F)(F)F. The topological polar surface area (TPSA) is 64.6 Å². The van der Waals surface area contributed by atoms with Crippen LogP contribution in [0.25, 0.3) is 0 Å². The van der Waals surface area contributed by atoms with Crippen LogP contribution in [-0.2, 0) is 20.4 Å². The van der Waals surface area contributed by atoms with Gasteiger partial charge < -0.3 is 14.8 Å². The van der Waals surface area contributed by atoms with Crippen molar-refractivity contribution in [1.29, 1.82) is 0 Å². The van der Waals surface area contributed by atoms with Crippen LogP contribution in [0.5, 0.6) is 0 Å². The number of benzene rings is 1. The molecule has 1 aromatic carbocycles. The Morgan fingerprint density at radius 3 is 2.14 bits per heavy atom. The van der Waals surface area contributed by atoms with Crippen molar-refractivity contribution in [2.24, 2.45) is 0 Å². The Labute approximate surface area is 161 Å². The molecule has 0 fully saturated rings. The van der Waals surface area contributed by atoms with Crippen molar-refractivity contribution in [3.05, 3.63) is 35.1 Å². The first-order valence-corrected chi connectivity index (χ1v) is 8.68. The van der Waals surface area contributed by atoms with E-state index in [1.54, 1.807) is 20.8 Å². The predicted molar refractivity (Wildman–Crippen MR) is 94.2 cm³/mol. The summed E-state index contributed by atoms with van der Waals surface area (Å²) in [6, 6.07) is 1.28. The lowest BCUT2D eigenvalue weighted by Crippen LogP contribution is -2.43. The van der Waals surface area contributed by atoms with Gasteiger partial charge in [-0.2, -0.15) is 13.2 Å². The molecule has 0 aliphatic carbocycles. The second kappa shape index (κ2) is 8.79. The van der Waals surface area contributed by atoms with Crippen molar-refractivity contribution in [3.8, 4) is 0 Å². The molecule has 0 aliphatic rings. The standard InChI is InChI=1S/C19H25F4NO4/c1-10(14-8-7-13(20)9-15(14)19(21,22)23)12(3)27-16(25)11(2)24-17(26)28-18(4,5)6/h7-12H,1-6H3,(H,24,26)/t10-,11+,12+/m1/s1. The largest absolute Gasteiger partial charge is 0.461 e. The Morgan fingerprint density at radius 2 is 1.64 bits per heavy atom. The molecule has 28 heavy (non-hydrogen) atoms. The highest BCUT2D eigenvalue weighted by molar-refractivity contribution is 5.81. The van der Waals surface area contributed by atoms with E-state index in [9.17, 15) is 27.2 Å². The number of ether oxygens (including phenoxy) is 2. The van der Waals surface area contributed by atoms with Crippen molar-refractivity contribution >= 4 is 12.1 Å². The summed E-state index contributed by atoms with van der Waals surface area (Å²) in [6.45, 7) is 9.18. The third-order valence-corrected chi connectivity index (χ3v) is 3.90. The zero-order valence-corrected chi connectivity index (χ0v) is 16.6. The van der Waals surface area contributed by atoms with Gasteiger partial charge in [0.2, 0.25) is 0 Å². The number of hydrogen-bond donors (Lipinski definition) is 1. The summed E-state index contributed by atoms with van der Waals surface area (Å²) in [4.78, 5) is 23.9. The third-order valence-electron chi connectivity index (χ3n) is 3.90. The number of hydrogen-bond acceptors (Lipinski definition) is 4. The van der Waals surface area contributed by atoms with Crippen molar-refractivity contribution in [2.45, 2.75) is 71.4 Å². The number of nitrogens with one attached hydrogen (secondary N) is 1. The minimum absolute atomic E-state index is 0.193. The monoisotopic (exact) mass is 407 g/mol. The summed E-state index contributed by atoms with van der Waals surface area (Å²) in [7, 11) is 0. The average Bonchev–Trinajstić information content (AvgIpc) is 2.51. The van der Waals surface area contributed by atoms with Crippen molar-refractivity contribution in [3.63, 3.8) is 0 Å². The van der Waals surface area contributed by atoms with Crippen LogP contribution in [0.4, 0.5) is 22.4 Å². The first kappa shape index (κ1) is 23.7. The van der Waals surface area contributed by atoms with E-state index >= 15 is 0 Å². The molecule has 5 nitrogen and oxygen atoms in total. The Balaban J connectivity index is 2.84. The van der Waals surface area contributed by atoms with Gasteiger partial charge in [0.15, 0.2) is 0 Å². The van der Waals surface area contributed by atoms with Gasteiger partial charge in [0.1, 0.15) is 23.6 Å². The first-order valence-electron chi connectivity index (χ1n) is 8.68. The minimum atomic E-state index is -4.75. The number of carbonyl (C=O) groups excluding carboxylic acids is 2. The minimum Gasteiger partial charge on any atom is -0.461 e. The quantitative estimate of drug-likeness (QED) is 0.563. The lowest BCUT2D eigenvalue weighted by Gasteiger charge is -2.26. The van der Waals surface area contributed by atoms with Crippen LogP contribution in [0.15, 0.2) is 18.2 Å². The average molecular weight is 407 g/mol. The molecule has 0 saturated heterocycles. The van der Waals surface area contributed by atoms with Gasteiger partial charge in [-0.25, -0.2) is 14.0 Å². The molecule has 9 heteroatoms. The number of halogens is 4. The summed E-state index contributed by atoms with van der Waals surface area (Å²) in [6.07, 6.45) is -6.53. The molecular weight excluding hydrogens is 382 g/mol. The van der Waals surface area contributed by atoms with E-state index in [1.807, 2.05) is 0 Å². The summed E-state index contributed by atoms with van der Waals surface area (Å²) < 4.78 is 63.0. The Bertz CT molecular complexity index is 713. The number of alkyl carbamates (subject to hydrolysis) is 1. The van der Waals surface area contributed by atoms with Gasteiger partial charge >= 0.3 is 18.2 Å². The molecule has 158 valence electrons. The van der Waals surface area contributed by atoms with E-state index in [2.05, 4.69) is 5.32 Å². The van der Waals surface area contributed by atoms with Gasteiger partial charge in [-0.3, -0.25) is 0 Å². The highest BCUT2D eigenvalue weighted by Gasteiger charge is 2.36. The van der Waals surface area contributed by atoms with Crippen LogP contribution in [0, 0.1) is 5.82 Å². The van der Waals surface area contributed by atoms with E-state index in [4.69, 9.17) is 9.47 Å². The molecular formula is C19H25F4NO4. The second-order valence-electron chi connectivity index (χ2n) is 7.53. The molecule has 1 aromatic rings. The van der Waals surface area contributed by atoms with Crippen LogP contribution < -0.4 is 5.32 Å². The van der Waals surface area contributed by atoms with Gasteiger partial charge in [0.05, 0.1) is 5.56 Å². The van der Waals surface area contributed by atoms with Crippen LogP contribution >= 0.6 is 0 Å². The van der Waals surface area contributed by atoms with Crippen molar-refractivity contribution < 1.29 is 36.6 Å². The van der Waals surface area contributed by atoms with Crippen LogP contribution in [0.3, 0.4) is 0 Å². The fraction of sp³-hybridized carbons (Fsp3) is 0.579. The second-order valence-corrected chi connectivity index (χ2v) is 7.53. The van der Waals surface area contributed by atoms with Crippen LogP contribution in [0.1, 0.15) is 58.6 Å². The normalized spacial score (nSPS) is 15.4. The van der Waals surface area contributed by atoms with Gasteiger partial charge in [0, 0.05) is 5.92 Å². The van der Waals surface area contributed by atoms with Crippen LogP contribution in [0.2, 0.25) is 0 Å². The van der Waals surface area contributed by atoms with E-state index in [0.29, 0.717) is 6.07 Å². The molecule has 0 radical (unpaired) electrons. The van der Waals surface area contributed by atoms with E-state index in [0.717, 1.165) is 12.1 Å². The lowest BCUT2D eigenvalue weighted by atomic mass is 9.91. The molecule has 3 atom stereocenters. The first-order chi connectivity index (χ1) is 12.6. The summed E-state index contributed by atoms with van der Waals surface area (Å²) >= 11 is 0. The number of alkyl halides is 3. The zero-order valence-electron chi connectivity index (χ0n) is 16.6.